The molecule has 3 aromatic rings. The SMILES string of the molecule is CCOc1ccccc1Nc1ncnc(Nc2ccc(F)cc2F)c1N. The number of ether oxygens (including phenoxy) is 1. The Labute approximate surface area is 149 Å². The molecule has 6 nitrogen and oxygen atoms in total. The second kappa shape index (κ2) is 7.64. The number of anilines is 5. The van der Waals surface area contributed by atoms with Crippen LogP contribution in [0.1, 0.15) is 6.92 Å². The molecule has 1 heterocycles. The van der Waals surface area contributed by atoms with Gasteiger partial charge >= 0.3 is 0 Å². The third-order valence-electron chi connectivity index (χ3n) is 3.51. The fourth-order valence-corrected chi connectivity index (χ4v) is 2.29. The van der Waals surface area contributed by atoms with E-state index >= 15 is 0 Å². The number of hydrogen-bond donors (Lipinski definition) is 3. The molecular weight excluding hydrogens is 340 g/mol. The van der Waals surface area contributed by atoms with Gasteiger partial charge in [-0.1, -0.05) is 12.1 Å². The summed E-state index contributed by atoms with van der Waals surface area (Å²) in [6.45, 7) is 2.39. The molecule has 8 heteroatoms. The summed E-state index contributed by atoms with van der Waals surface area (Å²) >= 11 is 0. The molecule has 0 bridgehead atoms. The molecule has 4 N–H and O–H groups in total. The van der Waals surface area contributed by atoms with Gasteiger partial charge in [-0.05, 0) is 31.2 Å². The second-order valence-corrected chi connectivity index (χ2v) is 5.29. The first-order valence-corrected chi connectivity index (χ1v) is 7.90. The Bertz CT molecular complexity index is 920. The number of hydrogen-bond acceptors (Lipinski definition) is 6. The summed E-state index contributed by atoms with van der Waals surface area (Å²) in [6.07, 6.45) is 1.28. The molecule has 0 aliphatic heterocycles. The number of nitrogens with two attached hydrogens (primary N) is 1. The normalized spacial score (nSPS) is 10.4. The average Bonchev–Trinajstić information content (AvgIpc) is 2.62. The van der Waals surface area contributed by atoms with Gasteiger partial charge in [-0.2, -0.15) is 0 Å². The lowest BCUT2D eigenvalue weighted by Gasteiger charge is -2.15. The molecule has 0 amide bonds. The smallest absolute Gasteiger partial charge is 0.159 e. The van der Waals surface area contributed by atoms with Gasteiger partial charge in [-0.3, -0.25) is 0 Å². The van der Waals surface area contributed by atoms with Gasteiger partial charge in [0, 0.05) is 6.07 Å². The van der Waals surface area contributed by atoms with Crippen molar-refractivity contribution in [2.45, 2.75) is 6.92 Å². The summed E-state index contributed by atoms with van der Waals surface area (Å²) in [5.74, 6) is -0.246. The van der Waals surface area contributed by atoms with E-state index in [2.05, 4.69) is 20.6 Å². The van der Waals surface area contributed by atoms with Crippen LogP contribution < -0.4 is 21.1 Å². The standard InChI is InChI=1S/C18H17F2N5O/c1-2-26-15-6-4-3-5-14(15)25-18-16(21)17(22-10-23-18)24-13-8-7-11(19)9-12(13)20/h3-10H,2,21H2,1H3,(H2,22,23,24,25). The van der Waals surface area contributed by atoms with Gasteiger partial charge in [0.05, 0.1) is 18.0 Å². The highest BCUT2D eigenvalue weighted by atomic mass is 19.1. The van der Waals surface area contributed by atoms with Crippen LogP contribution in [0.3, 0.4) is 0 Å². The van der Waals surface area contributed by atoms with Crippen molar-refractivity contribution in [3.05, 3.63) is 60.4 Å². The maximum Gasteiger partial charge on any atom is 0.159 e. The molecule has 0 saturated heterocycles. The van der Waals surface area contributed by atoms with E-state index < -0.39 is 11.6 Å². The topological polar surface area (TPSA) is 85.1 Å². The minimum atomic E-state index is -0.751. The number of aromatic nitrogens is 2. The maximum absolute atomic E-state index is 13.8. The van der Waals surface area contributed by atoms with Crippen LogP contribution in [0.15, 0.2) is 48.8 Å². The molecule has 0 fully saturated rings. The van der Waals surface area contributed by atoms with E-state index in [4.69, 9.17) is 10.5 Å². The predicted molar refractivity (Wildman–Crippen MR) is 97.0 cm³/mol. The first-order chi connectivity index (χ1) is 12.6. The summed E-state index contributed by atoms with van der Waals surface area (Å²) in [4.78, 5) is 8.14. The summed E-state index contributed by atoms with van der Waals surface area (Å²) in [5.41, 5.74) is 7.01. The lowest BCUT2D eigenvalue weighted by Crippen LogP contribution is -2.06. The van der Waals surface area contributed by atoms with Crippen LogP contribution in [0, 0.1) is 11.6 Å². The van der Waals surface area contributed by atoms with E-state index in [1.165, 1.54) is 12.4 Å². The number of nitrogens with one attached hydrogen (secondary N) is 2. The van der Waals surface area contributed by atoms with Crippen molar-refractivity contribution in [1.29, 1.82) is 0 Å². The van der Waals surface area contributed by atoms with E-state index in [0.717, 1.165) is 12.1 Å². The molecule has 0 atom stereocenters. The monoisotopic (exact) mass is 357 g/mol. The molecule has 0 aliphatic rings. The molecule has 134 valence electrons. The van der Waals surface area contributed by atoms with Crippen molar-refractivity contribution in [3.63, 3.8) is 0 Å². The highest BCUT2D eigenvalue weighted by molar-refractivity contribution is 5.81. The molecule has 3 rings (SSSR count). The highest BCUT2D eigenvalue weighted by Crippen LogP contribution is 2.32. The van der Waals surface area contributed by atoms with Gasteiger partial charge in [0.25, 0.3) is 0 Å². The van der Waals surface area contributed by atoms with Crippen molar-refractivity contribution in [3.8, 4) is 5.75 Å². The fraction of sp³-hybridized carbons (Fsp3) is 0.111. The Balaban J connectivity index is 1.88. The average molecular weight is 357 g/mol. The summed E-state index contributed by atoms with van der Waals surface area (Å²) in [7, 11) is 0. The van der Waals surface area contributed by atoms with Crippen molar-refractivity contribution in [2.75, 3.05) is 23.0 Å². The van der Waals surface area contributed by atoms with Crippen molar-refractivity contribution >= 4 is 28.7 Å². The van der Waals surface area contributed by atoms with Crippen LogP contribution in [0.2, 0.25) is 0 Å². The highest BCUT2D eigenvalue weighted by Gasteiger charge is 2.12. The van der Waals surface area contributed by atoms with Crippen molar-refractivity contribution < 1.29 is 13.5 Å². The molecule has 1 aromatic heterocycles. The van der Waals surface area contributed by atoms with E-state index in [9.17, 15) is 8.78 Å². The molecular formula is C18H17F2N5O. The quantitative estimate of drug-likeness (QED) is 0.612. The fourth-order valence-electron chi connectivity index (χ4n) is 2.29. The Morgan fingerprint density at radius 2 is 1.69 bits per heavy atom. The molecule has 0 aliphatic carbocycles. The Morgan fingerprint density at radius 1 is 1.00 bits per heavy atom. The number of para-hydroxylation sites is 2. The van der Waals surface area contributed by atoms with E-state index in [0.29, 0.717) is 23.9 Å². The minimum Gasteiger partial charge on any atom is -0.492 e. The van der Waals surface area contributed by atoms with Crippen LogP contribution >= 0.6 is 0 Å². The van der Waals surface area contributed by atoms with Gasteiger partial charge in [0.2, 0.25) is 0 Å². The number of nitrogen functional groups attached to an aromatic ring is 1. The Hall–Kier alpha value is -3.42. The van der Waals surface area contributed by atoms with Crippen LogP contribution in [0.4, 0.5) is 37.5 Å². The number of benzene rings is 2. The van der Waals surface area contributed by atoms with Gasteiger partial charge in [-0.25, -0.2) is 18.7 Å². The third kappa shape index (κ3) is 3.80. The molecule has 0 radical (unpaired) electrons. The molecule has 26 heavy (non-hydrogen) atoms. The van der Waals surface area contributed by atoms with E-state index in [1.54, 1.807) is 0 Å². The summed E-state index contributed by atoms with van der Waals surface area (Å²) in [5, 5.41) is 5.83. The maximum atomic E-state index is 13.8. The van der Waals surface area contributed by atoms with Crippen LogP contribution in [0.25, 0.3) is 0 Å². The number of rotatable bonds is 6. The zero-order valence-electron chi connectivity index (χ0n) is 14.0. The predicted octanol–water partition coefficient (Wildman–Crippen LogP) is 4.22. The Kier molecular flexibility index (Phi) is 5.12. The molecule has 0 spiro atoms. The van der Waals surface area contributed by atoms with Crippen molar-refractivity contribution in [2.24, 2.45) is 0 Å². The second-order valence-electron chi connectivity index (χ2n) is 5.29. The Morgan fingerprint density at radius 3 is 2.38 bits per heavy atom. The largest absolute Gasteiger partial charge is 0.492 e. The molecule has 2 aromatic carbocycles. The molecule has 0 unspecified atom stereocenters. The summed E-state index contributed by atoms with van der Waals surface area (Å²) < 4.78 is 32.4. The zero-order chi connectivity index (χ0) is 18.5. The van der Waals surface area contributed by atoms with Crippen LogP contribution in [-0.4, -0.2) is 16.6 Å². The number of nitrogens with zero attached hydrogens (tertiary/aromatic N) is 2. The summed E-state index contributed by atoms with van der Waals surface area (Å²) in [6, 6.07) is 10.5. The van der Waals surface area contributed by atoms with E-state index in [1.807, 2.05) is 31.2 Å². The first-order valence-electron chi connectivity index (χ1n) is 7.90. The van der Waals surface area contributed by atoms with E-state index in [-0.39, 0.29) is 17.2 Å². The number of halogens is 2. The zero-order valence-corrected chi connectivity index (χ0v) is 14.0. The lowest BCUT2D eigenvalue weighted by molar-refractivity contribution is 0.342. The molecule has 0 saturated carbocycles. The van der Waals surface area contributed by atoms with Crippen LogP contribution in [-0.2, 0) is 0 Å². The van der Waals surface area contributed by atoms with Gasteiger partial charge in [-0.15, -0.1) is 0 Å². The minimum absolute atomic E-state index is 0.0532. The van der Waals surface area contributed by atoms with Gasteiger partial charge < -0.3 is 21.1 Å². The van der Waals surface area contributed by atoms with Gasteiger partial charge in [0.1, 0.15) is 29.4 Å². The first kappa shape index (κ1) is 17.4. The van der Waals surface area contributed by atoms with Crippen LogP contribution in [0.5, 0.6) is 5.75 Å². The van der Waals surface area contributed by atoms with Gasteiger partial charge in [0.15, 0.2) is 11.6 Å². The third-order valence-corrected chi connectivity index (χ3v) is 3.51. The van der Waals surface area contributed by atoms with Crippen molar-refractivity contribution in [1.82, 2.24) is 9.97 Å². The lowest BCUT2D eigenvalue weighted by atomic mass is 10.2.